The summed E-state index contributed by atoms with van der Waals surface area (Å²) in [5.41, 5.74) is -0.325. The van der Waals surface area contributed by atoms with Crippen molar-refractivity contribution >= 4 is 12.3 Å². The Balaban J connectivity index is 2.32. The van der Waals surface area contributed by atoms with Crippen LogP contribution in [0, 0.1) is 5.95 Å². The van der Waals surface area contributed by atoms with Crippen LogP contribution in [-0.2, 0) is 16.0 Å². The molecule has 18 heavy (non-hydrogen) atoms. The second-order valence-corrected chi connectivity index (χ2v) is 3.84. The number of carbonyl (C=O) groups excluding carboxylic acids is 2. The number of hydrogen-bond donors (Lipinski definition) is 0. The fraction of sp³-hybridized carbons (Fsp3) is 0.545. The highest BCUT2D eigenvalue weighted by Crippen LogP contribution is 2.18. The molecule has 98 valence electrons. The zero-order valence-corrected chi connectivity index (χ0v) is 9.89. The number of aldehydes is 1. The van der Waals surface area contributed by atoms with Crippen molar-refractivity contribution in [3.8, 4) is 0 Å². The molecule has 1 aliphatic heterocycles. The molecule has 0 bridgehead atoms. The van der Waals surface area contributed by atoms with Gasteiger partial charge in [0.15, 0.2) is 17.8 Å². The fourth-order valence-electron chi connectivity index (χ4n) is 1.74. The van der Waals surface area contributed by atoms with E-state index < -0.39 is 11.9 Å². The van der Waals surface area contributed by atoms with Gasteiger partial charge in [0, 0.05) is 6.61 Å². The van der Waals surface area contributed by atoms with Gasteiger partial charge in [0.25, 0.3) is 0 Å². The fourth-order valence-corrected chi connectivity index (χ4v) is 1.74. The number of rotatable bonds is 5. The van der Waals surface area contributed by atoms with E-state index >= 15 is 0 Å². The van der Waals surface area contributed by atoms with Gasteiger partial charge in [0.2, 0.25) is 5.95 Å². The molecular weight excluding hydrogens is 243 g/mol. The normalized spacial score (nSPS) is 18.2. The first-order valence-corrected chi connectivity index (χ1v) is 5.67. The number of aromatic nitrogens is 2. The zero-order valence-electron chi connectivity index (χ0n) is 9.89. The van der Waals surface area contributed by atoms with Crippen molar-refractivity contribution in [3.05, 3.63) is 17.5 Å². The first kappa shape index (κ1) is 12.7. The van der Waals surface area contributed by atoms with E-state index in [0.717, 1.165) is 6.42 Å². The summed E-state index contributed by atoms with van der Waals surface area (Å²) in [5.74, 6) is -1.95. The van der Waals surface area contributed by atoms with Gasteiger partial charge in [-0.3, -0.25) is 4.79 Å². The minimum Gasteiger partial charge on any atom is -0.461 e. The summed E-state index contributed by atoms with van der Waals surface area (Å²) in [7, 11) is 0. The smallest absolute Gasteiger partial charge is 0.359 e. The van der Waals surface area contributed by atoms with E-state index in [9.17, 15) is 14.0 Å². The molecule has 0 saturated carbocycles. The topological polar surface area (TPSA) is 70.4 Å². The van der Waals surface area contributed by atoms with Crippen LogP contribution < -0.4 is 0 Å². The van der Waals surface area contributed by atoms with Crippen LogP contribution in [0.25, 0.3) is 0 Å². The minimum absolute atomic E-state index is 0.120. The third-order valence-corrected chi connectivity index (χ3v) is 2.71. The maximum Gasteiger partial charge on any atom is 0.359 e. The molecule has 2 rings (SSSR count). The molecule has 1 aromatic rings. The Morgan fingerprint density at radius 2 is 2.44 bits per heavy atom. The predicted molar refractivity (Wildman–Crippen MR) is 57.9 cm³/mol. The lowest BCUT2D eigenvalue weighted by Crippen LogP contribution is -2.33. The Labute approximate surface area is 103 Å². The van der Waals surface area contributed by atoms with Gasteiger partial charge in [-0.15, -0.1) is 0 Å². The first-order valence-electron chi connectivity index (χ1n) is 5.67. The SMILES string of the molecule is CCOC(=O)c1c(F)nc(C=O)n1CC1CCO1. The average molecular weight is 256 g/mol. The van der Waals surface area contributed by atoms with Crippen molar-refractivity contribution in [1.82, 2.24) is 9.55 Å². The molecule has 0 amide bonds. The molecule has 7 heteroatoms. The van der Waals surface area contributed by atoms with E-state index in [2.05, 4.69) is 4.98 Å². The van der Waals surface area contributed by atoms with Crippen molar-refractivity contribution in [1.29, 1.82) is 0 Å². The number of esters is 1. The lowest BCUT2D eigenvalue weighted by molar-refractivity contribution is -0.0597. The summed E-state index contributed by atoms with van der Waals surface area (Å²) in [5, 5.41) is 0. The van der Waals surface area contributed by atoms with Gasteiger partial charge < -0.3 is 14.0 Å². The molecule has 0 aromatic carbocycles. The van der Waals surface area contributed by atoms with E-state index in [1.807, 2.05) is 0 Å². The van der Waals surface area contributed by atoms with Crippen LogP contribution in [0.3, 0.4) is 0 Å². The van der Waals surface area contributed by atoms with Crippen LogP contribution in [-0.4, -0.2) is 41.1 Å². The molecule has 0 spiro atoms. The standard InChI is InChI=1S/C11H13FN2O4/c1-2-17-11(16)9-10(12)13-8(6-15)14(9)5-7-3-4-18-7/h6-7H,2-5H2,1H3. The number of halogens is 1. The Morgan fingerprint density at radius 1 is 1.72 bits per heavy atom. The summed E-state index contributed by atoms with van der Waals surface area (Å²) in [6.45, 7) is 2.60. The first-order chi connectivity index (χ1) is 8.67. The number of ether oxygens (including phenoxy) is 2. The molecule has 1 fully saturated rings. The number of imidazole rings is 1. The second kappa shape index (κ2) is 5.26. The Hall–Kier alpha value is -1.76. The molecule has 0 radical (unpaired) electrons. The largest absolute Gasteiger partial charge is 0.461 e. The van der Waals surface area contributed by atoms with E-state index in [0.29, 0.717) is 12.9 Å². The van der Waals surface area contributed by atoms with Crippen molar-refractivity contribution < 1.29 is 23.5 Å². The van der Waals surface area contributed by atoms with Gasteiger partial charge >= 0.3 is 5.97 Å². The van der Waals surface area contributed by atoms with Crippen LogP contribution in [0.4, 0.5) is 4.39 Å². The van der Waals surface area contributed by atoms with Crippen LogP contribution in [0.1, 0.15) is 34.5 Å². The molecule has 1 aliphatic rings. The van der Waals surface area contributed by atoms with Crippen molar-refractivity contribution in [3.63, 3.8) is 0 Å². The van der Waals surface area contributed by atoms with Crippen molar-refractivity contribution in [2.45, 2.75) is 26.0 Å². The van der Waals surface area contributed by atoms with Crippen LogP contribution in [0.15, 0.2) is 0 Å². The molecule has 0 aliphatic carbocycles. The molecule has 6 nitrogen and oxygen atoms in total. The van der Waals surface area contributed by atoms with E-state index in [1.54, 1.807) is 6.92 Å². The summed E-state index contributed by atoms with van der Waals surface area (Å²) in [4.78, 5) is 25.9. The minimum atomic E-state index is -0.991. The van der Waals surface area contributed by atoms with Gasteiger partial charge in [-0.05, 0) is 13.3 Å². The highest BCUT2D eigenvalue weighted by molar-refractivity contribution is 5.89. The van der Waals surface area contributed by atoms with Crippen molar-refractivity contribution in [2.75, 3.05) is 13.2 Å². The number of hydrogen-bond acceptors (Lipinski definition) is 5. The summed E-state index contributed by atoms with van der Waals surface area (Å²) >= 11 is 0. The molecule has 0 N–H and O–H groups in total. The lowest BCUT2D eigenvalue weighted by atomic mass is 10.2. The molecule has 1 saturated heterocycles. The third kappa shape index (κ3) is 2.26. The van der Waals surface area contributed by atoms with Gasteiger partial charge in [0.1, 0.15) is 0 Å². The lowest BCUT2D eigenvalue weighted by Gasteiger charge is -2.27. The van der Waals surface area contributed by atoms with Crippen LogP contribution >= 0.6 is 0 Å². The highest BCUT2D eigenvalue weighted by Gasteiger charge is 2.28. The molecule has 2 heterocycles. The summed E-state index contributed by atoms with van der Waals surface area (Å²) in [6.07, 6.45) is 1.09. The monoisotopic (exact) mass is 256 g/mol. The molecular formula is C11H13FN2O4. The maximum atomic E-state index is 13.6. The number of carbonyl (C=O) groups is 2. The predicted octanol–water partition coefficient (Wildman–Crippen LogP) is 0.800. The van der Waals surface area contributed by atoms with Gasteiger partial charge in [-0.2, -0.15) is 9.37 Å². The van der Waals surface area contributed by atoms with Gasteiger partial charge in [-0.1, -0.05) is 0 Å². The molecule has 1 aromatic heterocycles. The summed E-state index contributed by atoms with van der Waals surface area (Å²) < 4.78 is 24.7. The molecule has 1 atom stereocenters. The molecule has 1 unspecified atom stereocenters. The van der Waals surface area contributed by atoms with E-state index in [4.69, 9.17) is 9.47 Å². The Kier molecular flexibility index (Phi) is 3.71. The summed E-state index contributed by atoms with van der Waals surface area (Å²) in [6, 6.07) is 0. The van der Waals surface area contributed by atoms with Crippen LogP contribution in [0.2, 0.25) is 0 Å². The van der Waals surface area contributed by atoms with E-state index in [-0.39, 0.29) is 30.8 Å². The third-order valence-electron chi connectivity index (χ3n) is 2.71. The zero-order chi connectivity index (χ0) is 13.1. The quantitative estimate of drug-likeness (QED) is 0.575. The maximum absolute atomic E-state index is 13.6. The second-order valence-electron chi connectivity index (χ2n) is 3.84. The van der Waals surface area contributed by atoms with Gasteiger partial charge in [-0.25, -0.2) is 4.79 Å². The van der Waals surface area contributed by atoms with E-state index in [1.165, 1.54) is 4.57 Å². The average Bonchev–Trinajstić information content (AvgIpc) is 2.60. The Bertz CT molecular complexity index is 468. The van der Waals surface area contributed by atoms with Gasteiger partial charge in [0.05, 0.1) is 19.3 Å². The van der Waals surface area contributed by atoms with Crippen molar-refractivity contribution in [2.24, 2.45) is 0 Å². The highest BCUT2D eigenvalue weighted by atomic mass is 19.1. The Morgan fingerprint density at radius 3 is 2.94 bits per heavy atom. The number of nitrogens with zero attached hydrogens (tertiary/aromatic N) is 2. The van der Waals surface area contributed by atoms with Crippen LogP contribution in [0.5, 0.6) is 0 Å².